The number of hydrogen-bond acceptors (Lipinski definition) is 4. The molecule has 1 aliphatic rings. The van der Waals surface area contributed by atoms with Crippen molar-refractivity contribution in [3.05, 3.63) is 41.4 Å². The van der Waals surface area contributed by atoms with E-state index in [2.05, 4.69) is 25.6 Å². The number of fused-ring (bicyclic) bond motifs is 1. The molecule has 24 heavy (non-hydrogen) atoms. The highest BCUT2D eigenvalue weighted by Gasteiger charge is 2.17. The van der Waals surface area contributed by atoms with Gasteiger partial charge in [0.2, 0.25) is 5.95 Å². The van der Waals surface area contributed by atoms with Gasteiger partial charge in [-0.05, 0) is 37.6 Å². The first kappa shape index (κ1) is 15.4. The fraction of sp³-hybridized carbons (Fsp3) is 0.294. The molecule has 5 nitrogen and oxygen atoms in total. The minimum Gasteiger partial charge on any atom is -0.360 e. The first-order chi connectivity index (χ1) is 11.7. The summed E-state index contributed by atoms with van der Waals surface area (Å²) in [6, 6.07) is 4.91. The van der Waals surface area contributed by atoms with Gasteiger partial charge in [0.15, 0.2) is 0 Å². The summed E-state index contributed by atoms with van der Waals surface area (Å²) in [7, 11) is 0. The van der Waals surface area contributed by atoms with Crippen molar-refractivity contribution in [3.63, 3.8) is 0 Å². The molecule has 3 N–H and O–H groups in total. The zero-order chi connectivity index (χ0) is 16.5. The van der Waals surface area contributed by atoms with Crippen molar-refractivity contribution in [2.75, 3.05) is 18.4 Å². The third-order valence-electron chi connectivity index (χ3n) is 4.27. The van der Waals surface area contributed by atoms with E-state index >= 15 is 0 Å². The maximum atomic E-state index is 13.6. The maximum Gasteiger partial charge on any atom is 0.223 e. The number of piperidine rings is 1. The van der Waals surface area contributed by atoms with Gasteiger partial charge in [-0.15, -0.1) is 0 Å². The standard InChI is InChI=1S/C17H17ClFN5/c18-14-9-22-17(23-11-2-1-5-20-7-11)24-16(14)13-8-21-15-4-3-10(19)6-12(13)15/h3-4,6,8-9,11,20-21H,1-2,5,7H2,(H,22,23,24)/t11-/m0/s1. The average molecular weight is 346 g/mol. The van der Waals surface area contributed by atoms with Crippen LogP contribution in [0.15, 0.2) is 30.6 Å². The molecule has 0 bridgehead atoms. The Balaban J connectivity index is 1.71. The molecule has 0 radical (unpaired) electrons. The lowest BCUT2D eigenvalue weighted by Gasteiger charge is -2.23. The molecule has 4 rings (SSSR count). The summed E-state index contributed by atoms with van der Waals surface area (Å²) < 4.78 is 13.6. The van der Waals surface area contributed by atoms with Crippen LogP contribution in [-0.4, -0.2) is 34.1 Å². The number of hydrogen-bond donors (Lipinski definition) is 3. The number of rotatable bonds is 3. The molecule has 1 fully saturated rings. The molecule has 0 spiro atoms. The van der Waals surface area contributed by atoms with Crippen molar-refractivity contribution >= 4 is 28.5 Å². The maximum absolute atomic E-state index is 13.6. The lowest BCUT2D eigenvalue weighted by atomic mass is 10.1. The quantitative estimate of drug-likeness (QED) is 0.679. The molecule has 3 aromatic rings. The minimum atomic E-state index is -0.292. The summed E-state index contributed by atoms with van der Waals surface area (Å²) in [6.45, 7) is 1.94. The highest BCUT2D eigenvalue weighted by molar-refractivity contribution is 6.33. The number of aromatic nitrogens is 3. The van der Waals surface area contributed by atoms with E-state index in [4.69, 9.17) is 11.6 Å². The molecule has 7 heteroatoms. The summed E-state index contributed by atoms with van der Waals surface area (Å²) >= 11 is 6.30. The summed E-state index contributed by atoms with van der Waals surface area (Å²) in [5.74, 6) is 0.244. The smallest absolute Gasteiger partial charge is 0.223 e. The van der Waals surface area contributed by atoms with E-state index in [0.29, 0.717) is 22.7 Å². The van der Waals surface area contributed by atoms with E-state index in [9.17, 15) is 4.39 Å². The Morgan fingerprint density at radius 2 is 2.25 bits per heavy atom. The number of nitrogens with one attached hydrogen (secondary N) is 3. The topological polar surface area (TPSA) is 65.6 Å². The molecule has 0 saturated carbocycles. The predicted molar refractivity (Wildman–Crippen MR) is 93.8 cm³/mol. The van der Waals surface area contributed by atoms with Crippen LogP contribution in [0.25, 0.3) is 22.2 Å². The van der Waals surface area contributed by atoms with Crippen molar-refractivity contribution in [3.8, 4) is 11.3 Å². The van der Waals surface area contributed by atoms with Gasteiger partial charge in [-0.25, -0.2) is 14.4 Å². The van der Waals surface area contributed by atoms with E-state index in [-0.39, 0.29) is 5.82 Å². The highest BCUT2D eigenvalue weighted by atomic mass is 35.5. The number of aromatic amines is 1. The van der Waals surface area contributed by atoms with E-state index in [0.717, 1.165) is 42.4 Å². The second-order valence-electron chi connectivity index (χ2n) is 5.97. The summed E-state index contributed by atoms with van der Waals surface area (Å²) in [5, 5.41) is 7.88. The van der Waals surface area contributed by atoms with E-state index in [1.807, 2.05) is 0 Å². The molecular formula is C17H17ClFN5. The largest absolute Gasteiger partial charge is 0.360 e. The molecule has 1 atom stereocenters. The fourth-order valence-electron chi connectivity index (χ4n) is 3.07. The Kier molecular flexibility index (Phi) is 4.08. The Hall–Kier alpha value is -2.18. The van der Waals surface area contributed by atoms with Crippen LogP contribution >= 0.6 is 11.6 Å². The van der Waals surface area contributed by atoms with E-state index < -0.39 is 0 Å². The molecule has 1 aliphatic heterocycles. The first-order valence-corrected chi connectivity index (χ1v) is 8.35. The van der Waals surface area contributed by atoms with Crippen LogP contribution in [0.5, 0.6) is 0 Å². The molecule has 1 saturated heterocycles. The van der Waals surface area contributed by atoms with Crippen molar-refractivity contribution in [1.82, 2.24) is 20.3 Å². The number of halogens is 2. The van der Waals surface area contributed by atoms with Gasteiger partial charge >= 0.3 is 0 Å². The Bertz CT molecular complexity index is 873. The molecule has 0 unspecified atom stereocenters. The highest BCUT2D eigenvalue weighted by Crippen LogP contribution is 2.32. The lowest BCUT2D eigenvalue weighted by molar-refractivity contribution is 0.478. The Morgan fingerprint density at radius 1 is 1.33 bits per heavy atom. The molecule has 2 aromatic heterocycles. The number of benzene rings is 1. The third kappa shape index (κ3) is 2.95. The summed E-state index contributed by atoms with van der Waals surface area (Å²) in [6.07, 6.45) is 5.58. The van der Waals surface area contributed by atoms with Gasteiger partial charge in [0.1, 0.15) is 5.82 Å². The molecular weight excluding hydrogens is 329 g/mol. The van der Waals surface area contributed by atoms with Crippen LogP contribution in [0.4, 0.5) is 10.3 Å². The molecule has 124 valence electrons. The minimum absolute atomic E-state index is 0.292. The monoisotopic (exact) mass is 345 g/mol. The van der Waals surface area contributed by atoms with Crippen molar-refractivity contribution in [2.24, 2.45) is 0 Å². The van der Waals surface area contributed by atoms with Crippen molar-refractivity contribution in [2.45, 2.75) is 18.9 Å². The molecule has 1 aromatic carbocycles. The van der Waals surface area contributed by atoms with Crippen LogP contribution in [0.2, 0.25) is 5.02 Å². The molecule has 0 aliphatic carbocycles. The fourth-order valence-corrected chi connectivity index (χ4v) is 3.26. The van der Waals surface area contributed by atoms with Crippen LogP contribution in [0, 0.1) is 5.82 Å². The van der Waals surface area contributed by atoms with Gasteiger partial charge in [-0.2, -0.15) is 0 Å². The normalized spacial score (nSPS) is 18.0. The third-order valence-corrected chi connectivity index (χ3v) is 4.55. The van der Waals surface area contributed by atoms with Crippen LogP contribution in [0.1, 0.15) is 12.8 Å². The number of anilines is 1. The lowest BCUT2D eigenvalue weighted by Crippen LogP contribution is -2.38. The summed E-state index contributed by atoms with van der Waals surface area (Å²) in [5.41, 5.74) is 2.20. The van der Waals surface area contributed by atoms with Gasteiger partial charge in [0.25, 0.3) is 0 Å². The SMILES string of the molecule is Fc1ccc2[nH]cc(-c3nc(N[C@H]4CCCNC4)ncc3Cl)c2c1. The van der Waals surface area contributed by atoms with Crippen molar-refractivity contribution in [1.29, 1.82) is 0 Å². The number of H-pyrrole nitrogens is 1. The zero-order valence-electron chi connectivity index (χ0n) is 12.9. The first-order valence-electron chi connectivity index (χ1n) is 7.97. The van der Waals surface area contributed by atoms with E-state index in [1.54, 1.807) is 18.5 Å². The second kappa shape index (κ2) is 6.37. The number of nitrogens with zero attached hydrogens (tertiary/aromatic N) is 2. The van der Waals surface area contributed by atoms with Gasteiger partial charge in [-0.1, -0.05) is 11.6 Å². The van der Waals surface area contributed by atoms with Gasteiger partial charge in [0, 0.05) is 35.2 Å². The van der Waals surface area contributed by atoms with Crippen LogP contribution in [-0.2, 0) is 0 Å². The molecule has 0 amide bonds. The zero-order valence-corrected chi connectivity index (χ0v) is 13.7. The van der Waals surface area contributed by atoms with E-state index in [1.165, 1.54) is 12.1 Å². The van der Waals surface area contributed by atoms with Crippen molar-refractivity contribution < 1.29 is 4.39 Å². The van der Waals surface area contributed by atoms with Gasteiger partial charge in [-0.3, -0.25) is 0 Å². The summed E-state index contributed by atoms with van der Waals surface area (Å²) in [4.78, 5) is 12.0. The Morgan fingerprint density at radius 3 is 3.08 bits per heavy atom. The van der Waals surface area contributed by atoms with Gasteiger partial charge in [0.05, 0.1) is 16.9 Å². The van der Waals surface area contributed by atoms with Crippen LogP contribution in [0.3, 0.4) is 0 Å². The van der Waals surface area contributed by atoms with Gasteiger partial charge < -0.3 is 15.6 Å². The second-order valence-corrected chi connectivity index (χ2v) is 6.38. The average Bonchev–Trinajstić information content (AvgIpc) is 3.00. The Labute approximate surface area is 143 Å². The van der Waals surface area contributed by atoms with Crippen LogP contribution < -0.4 is 10.6 Å². The molecule has 3 heterocycles. The predicted octanol–water partition coefficient (Wildman–Crippen LogP) is 3.58.